The molecule has 0 unspecified atom stereocenters. The zero-order chi connectivity index (χ0) is 25.2. The van der Waals surface area contributed by atoms with Gasteiger partial charge in [-0.2, -0.15) is 0 Å². The fourth-order valence-corrected chi connectivity index (χ4v) is 4.36. The lowest BCUT2D eigenvalue weighted by Gasteiger charge is -2.33. The molecule has 12 heteroatoms. The normalized spacial score (nSPS) is 15.1. The smallest absolute Gasteiger partial charge is 0.410 e. The van der Waals surface area contributed by atoms with E-state index in [0.717, 1.165) is 12.8 Å². The van der Waals surface area contributed by atoms with Crippen molar-refractivity contribution in [1.29, 1.82) is 0 Å². The summed E-state index contributed by atoms with van der Waals surface area (Å²) in [6.45, 7) is 6.74. The number of carbonyl (C=O) groups excluding carboxylic acids is 1. The molecule has 0 spiro atoms. The molecule has 0 atom stereocenters. The number of anilines is 3. The molecule has 186 valence electrons. The predicted molar refractivity (Wildman–Crippen MR) is 132 cm³/mol. The lowest BCUT2D eigenvalue weighted by atomic mass is 10.1. The van der Waals surface area contributed by atoms with E-state index < -0.39 is 15.4 Å². The fourth-order valence-electron chi connectivity index (χ4n) is 3.73. The molecule has 0 bridgehead atoms. The average molecular weight is 500 g/mol. The van der Waals surface area contributed by atoms with Gasteiger partial charge in [0.15, 0.2) is 21.5 Å². The number of ether oxygens (including phenoxy) is 1. The van der Waals surface area contributed by atoms with E-state index in [9.17, 15) is 13.2 Å². The first-order valence-corrected chi connectivity index (χ1v) is 13.2. The number of hydrogen-bond donors (Lipinski definition) is 2. The van der Waals surface area contributed by atoms with E-state index >= 15 is 0 Å². The van der Waals surface area contributed by atoms with Crippen molar-refractivity contribution < 1.29 is 17.9 Å². The second-order valence-corrected chi connectivity index (χ2v) is 11.5. The quantitative estimate of drug-likeness (QED) is 0.537. The SMILES string of the molecule is CC(C)(C)OC(=O)N1CCC(Nc2ncnc3c(Nc4ccc(S(C)(=O)=O)cc4)ncnc23)CC1. The summed E-state index contributed by atoms with van der Waals surface area (Å²) in [5.74, 6) is 1.07. The number of rotatable bonds is 5. The summed E-state index contributed by atoms with van der Waals surface area (Å²) in [4.78, 5) is 31.7. The molecule has 3 heterocycles. The molecular weight excluding hydrogens is 470 g/mol. The maximum absolute atomic E-state index is 12.3. The Morgan fingerprint density at radius 3 is 2.11 bits per heavy atom. The van der Waals surface area contributed by atoms with Gasteiger partial charge in [0.1, 0.15) is 29.3 Å². The number of amides is 1. The Labute approximate surface area is 204 Å². The van der Waals surface area contributed by atoms with Gasteiger partial charge in [-0.1, -0.05) is 0 Å². The molecule has 1 fully saturated rings. The van der Waals surface area contributed by atoms with Crippen LogP contribution in [0.1, 0.15) is 33.6 Å². The van der Waals surface area contributed by atoms with Crippen LogP contribution in [-0.4, -0.2) is 70.3 Å². The van der Waals surface area contributed by atoms with Crippen LogP contribution in [-0.2, 0) is 14.6 Å². The average Bonchev–Trinajstić information content (AvgIpc) is 2.79. The summed E-state index contributed by atoms with van der Waals surface area (Å²) in [6.07, 6.45) is 5.23. The van der Waals surface area contributed by atoms with Crippen LogP contribution in [0, 0.1) is 0 Å². The lowest BCUT2D eigenvalue weighted by Crippen LogP contribution is -2.44. The van der Waals surface area contributed by atoms with Crippen LogP contribution in [0.4, 0.5) is 22.1 Å². The maximum Gasteiger partial charge on any atom is 0.410 e. The van der Waals surface area contributed by atoms with Gasteiger partial charge in [-0.15, -0.1) is 0 Å². The second kappa shape index (κ2) is 9.61. The molecule has 1 amide bonds. The van der Waals surface area contributed by atoms with Crippen LogP contribution < -0.4 is 10.6 Å². The fraction of sp³-hybridized carbons (Fsp3) is 0.435. The van der Waals surface area contributed by atoms with Crippen molar-refractivity contribution in [3.05, 3.63) is 36.9 Å². The maximum atomic E-state index is 12.3. The van der Waals surface area contributed by atoms with E-state index in [1.807, 2.05) is 20.8 Å². The molecule has 0 radical (unpaired) electrons. The molecule has 0 aliphatic carbocycles. The molecule has 1 aliphatic rings. The van der Waals surface area contributed by atoms with E-state index in [1.165, 1.54) is 31.0 Å². The summed E-state index contributed by atoms with van der Waals surface area (Å²) >= 11 is 0. The number of benzene rings is 1. The Morgan fingerprint density at radius 1 is 0.971 bits per heavy atom. The largest absolute Gasteiger partial charge is 0.444 e. The highest BCUT2D eigenvalue weighted by Gasteiger charge is 2.27. The van der Waals surface area contributed by atoms with Crippen molar-refractivity contribution >= 4 is 44.3 Å². The highest BCUT2D eigenvalue weighted by atomic mass is 32.2. The predicted octanol–water partition coefficient (Wildman–Crippen LogP) is 3.38. The zero-order valence-corrected chi connectivity index (χ0v) is 21.0. The van der Waals surface area contributed by atoms with Gasteiger partial charge in [-0.05, 0) is 57.9 Å². The number of aromatic nitrogens is 4. The van der Waals surface area contributed by atoms with Crippen molar-refractivity contribution in [3.8, 4) is 0 Å². The zero-order valence-electron chi connectivity index (χ0n) is 20.1. The third kappa shape index (κ3) is 6.13. The standard InChI is InChI=1S/C23H29N7O4S/c1-23(2,3)34-22(31)30-11-9-16(10-12-30)29-21-19-18(24-14-27-21)20(26-13-25-19)28-15-5-7-17(8-6-15)35(4,32)33/h5-8,13-14,16H,9-12H2,1-4H3,(H,24,27,29)(H,25,26,28). The molecule has 2 aromatic heterocycles. The molecule has 1 aromatic carbocycles. The summed E-state index contributed by atoms with van der Waals surface area (Å²) in [5.41, 5.74) is 1.24. The van der Waals surface area contributed by atoms with Crippen molar-refractivity contribution in [2.24, 2.45) is 0 Å². The number of hydrogen-bond acceptors (Lipinski definition) is 10. The Hall–Kier alpha value is -3.54. The van der Waals surface area contributed by atoms with Crippen LogP contribution in [0.5, 0.6) is 0 Å². The van der Waals surface area contributed by atoms with Gasteiger partial charge in [0.25, 0.3) is 0 Å². The van der Waals surface area contributed by atoms with Gasteiger partial charge in [0.05, 0.1) is 4.90 Å². The number of likely N-dealkylation sites (tertiary alicyclic amines) is 1. The highest BCUT2D eigenvalue weighted by molar-refractivity contribution is 7.90. The minimum absolute atomic E-state index is 0.113. The topological polar surface area (TPSA) is 139 Å². The van der Waals surface area contributed by atoms with Gasteiger partial charge in [-0.25, -0.2) is 33.1 Å². The molecule has 0 saturated carbocycles. The van der Waals surface area contributed by atoms with Crippen molar-refractivity contribution in [1.82, 2.24) is 24.8 Å². The van der Waals surface area contributed by atoms with Gasteiger partial charge in [-0.3, -0.25) is 0 Å². The molecule has 4 rings (SSSR count). The minimum atomic E-state index is -3.27. The van der Waals surface area contributed by atoms with Crippen molar-refractivity contribution in [3.63, 3.8) is 0 Å². The number of carbonyl (C=O) groups is 1. The Morgan fingerprint density at radius 2 is 1.54 bits per heavy atom. The van der Waals surface area contributed by atoms with Gasteiger partial charge < -0.3 is 20.3 Å². The molecule has 3 aromatic rings. The summed E-state index contributed by atoms with van der Waals surface area (Å²) in [7, 11) is -3.27. The second-order valence-electron chi connectivity index (χ2n) is 9.45. The number of piperidine rings is 1. The first-order chi connectivity index (χ1) is 16.5. The van der Waals surface area contributed by atoms with Crippen LogP contribution in [0.3, 0.4) is 0 Å². The van der Waals surface area contributed by atoms with E-state index in [4.69, 9.17) is 4.74 Å². The van der Waals surface area contributed by atoms with Crippen LogP contribution in [0.2, 0.25) is 0 Å². The van der Waals surface area contributed by atoms with Gasteiger partial charge >= 0.3 is 6.09 Å². The van der Waals surface area contributed by atoms with E-state index in [0.29, 0.717) is 41.4 Å². The number of nitrogens with one attached hydrogen (secondary N) is 2. The first-order valence-electron chi connectivity index (χ1n) is 11.3. The van der Waals surface area contributed by atoms with Gasteiger partial charge in [0, 0.05) is 31.1 Å². The molecule has 35 heavy (non-hydrogen) atoms. The van der Waals surface area contributed by atoms with Crippen molar-refractivity contribution in [2.45, 2.75) is 50.2 Å². The molecular formula is C23H29N7O4S. The van der Waals surface area contributed by atoms with Crippen molar-refractivity contribution in [2.75, 3.05) is 30.0 Å². The Bertz CT molecular complexity index is 1320. The van der Waals surface area contributed by atoms with Crippen LogP contribution in [0.25, 0.3) is 11.0 Å². The summed E-state index contributed by atoms with van der Waals surface area (Å²) in [6, 6.07) is 6.52. The van der Waals surface area contributed by atoms with E-state index in [2.05, 4.69) is 30.6 Å². The summed E-state index contributed by atoms with van der Waals surface area (Å²) in [5, 5.41) is 6.60. The molecule has 11 nitrogen and oxygen atoms in total. The Balaban J connectivity index is 1.46. The monoisotopic (exact) mass is 499 g/mol. The minimum Gasteiger partial charge on any atom is -0.444 e. The number of sulfone groups is 1. The molecule has 1 saturated heterocycles. The van der Waals surface area contributed by atoms with Gasteiger partial charge in [0.2, 0.25) is 0 Å². The van der Waals surface area contributed by atoms with E-state index in [-0.39, 0.29) is 17.0 Å². The van der Waals surface area contributed by atoms with E-state index in [1.54, 1.807) is 17.0 Å². The lowest BCUT2D eigenvalue weighted by molar-refractivity contribution is 0.0210. The Kier molecular flexibility index (Phi) is 6.75. The number of fused-ring (bicyclic) bond motifs is 1. The first kappa shape index (κ1) is 24.6. The third-order valence-corrected chi connectivity index (χ3v) is 6.58. The number of nitrogens with zero attached hydrogens (tertiary/aromatic N) is 5. The van der Waals surface area contributed by atoms with Crippen LogP contribution in [0.15, 0.2) is 41.8 Å². The third-order valence-electron chi connectivity index (χ3n) is 5.45. The molecule has 1 aliphatic heterocycles. The molecule has 2 N–H and O–H groups in total. The van der Waals surface area contributed by atoms with Crippen LogP contribution >= 0.6 is 0 Å². The highest BCUT2D eigenvalue weighted by Crippen LogP contribution is 2.27. The summed E-state index contributed by atoms with van der Waals surface area (Å²) < 4.78 is 28.9.